The highest BCUT2D eigenvalue weighted by molar-refractivity contribution is 9.10. The van der Waals surface area contributed by atoms with Crippen LogP contribution in [0.4, 0.5) is 14.5 Å². The summed E-state index contributed by atoms with van der Waals surface area (Å²) in [6, 6.07) is 6.41. The van der Waals surface area contributed by atoms with Crippen LogP contribution in [0.5, 0.6) is 5.75 Å². The minimum Gasteiger partial charge on any atom is -0.482 e. The van der Waals surface area contributed by atoms with Gasteiger partial charge in [-0.15, -0.1) is 0 Å². The van der Waals surface area contributed by atoms with E-state index in [9.17, 15) is 13.6 Å². The van der Waals surface area contributed by atoms with Crippen molar-refractivity contribution in [1.29, 1.82) is 0 Å². The van der Waals surface area contributed by atoms with Gasteiger partial charge in [0.05, 0.1) is 10.7 Å². The molecule has 2 aromatic rings. The number of hydrogen-bond donors (Lipinski definition) is 1. The fourth-order valence-electron chi connectivity index (χ4n) is 1.58. The number of benzene rings is 2. The zero-order chi connectivity index (χ0) is 16.3. The first-order valence-electron chi connectivity index (χ1n) is 5.89. The van der Waals surface area contributed by atoms with Gasteiger partial charge >= 0.3 is 0 Å². The van der Waals surface area contributed by atoms with E-state index in [0.29, 0.717) is 6.07 Å². The first-order valence-corrected chi connectivity index (χ1v) is 7.44. The van der Waals surface area contributed by atoms with Gasteiger partial charge in [0.1, 0.15) is 16.6 Å². The molecule has 0 saturated carbocycles. The maximum Gasteiger partial charge on any atom is 0.262 e. The molecule has 1 amide bonds. The first kappa shape index (κ1) is 17.0. The molecule has 22 heavy (non-hydrogen) atoms. The van der Waals surface area contributed by atoms with E-state index < -0.39 is 24.1 Å². The topological polar surface area (TPSA) is 38.3 Å². The molecule has 0 aromatic heterocycles. The molecule has 0 unspecified atom stereocenters. The van der Waals surface area contributed by atoms with E-state index >= 15 is 0 Å². The van der Waals surface area contributed by atoms with Crippen LogP contribution in [0.1, 0.15) is 0 Å². The molecule has 0 heterocycles. The minimum absolute atomic E-state index is 0.0825. The van der Waals surface area contributed by atoms with Crippen molar-refractivity contribution in [2.75, 3.05) is 11.9 Å². The second-order valence-electron chi connectivity index (χ2n) is 4.13. The van der Waals surface area contributed by atoms with Crippen molar-refractivity contribution >= 4 is 50.7 Å². The number of carbonyl (C=O) groups excluding carboxylic acids is 1. The largest absolute Gasteiger partial charge is 0.482 e. The van der Waals surface area contributed by atoms with Gasteiger partial charge in [0.2, 0.25) is 0 Å². The number of anilines is 1. The summed E-state index contributed by atoms with van der Waals surface area (Å²) < 4.78 is 31.8. The third-order valence-corrected chi connectivity index (χ3v) is 3.97. The quantitative estimate of drug-likeness (QED) is 0.765. The third-order valence-electron chi connectivity index (χ3n) is 2.55. The lowest BCUT2D eigenvalue weighted by Crippen LogP contribution is -2.21. The van der Waals surface area contributed by atoms with Crippen molar-refractivity contribution in [2.45, 2.75) is 0 Å². The molecule has 2 aromatic carbocycles. The van der Waals surface area contributed by atoms with Gasteiger partial charge in [-0.3, -0.25) is 4.79 Å². The molecule has 8 heteroatoms. The smallest absolute Gasteiger partial charge is 0.262 e. The SMILES string of the molecule is O=C(COc1cccc(Cl)c1Cl)Nc1c(F)cc(F)cc1Br. The number of ether oxygens (including phenoxy) is 1. The average molecular weight is 411 g/mol. The zero-order valence-electron chi connectivity index (χ0n) is 10.8. The highest BCUT2D eigenvalue weighted by atomic mass is 79.9. The Morgan fingerprint density at radius 2 is 2.00 bits per heavy atom. The first-order chi connectivity index (χ1) is 10.4. The van der Waals surface area contributed by atoms with Gasteiger partial charge < -0.3 is 10.1 Å². The van der Waals surface area contributed by atoms with Gasteiger partial charge in [-0.25, -0.2) is 8.78 Å². The monoisotopic (exact) mass is 409 g/mol. The Hall–Kier alpha value is -1.37. The Kier molecular flexibility index (Phi) is 5.61. The summed E-state index contributed by atoms with van der Waals surface area (Å²) in [4.78, 5) is 11.8. The number of carbonyl (C=O) groups is 1. The van der Waals surface area contributed by atoms with Gasteiger partial charge in [0, 0.05) is 10.5 Å². The van der Waals surface area contributed by atoms with E-state index in [2.05, 4.69) is 21.2 Å². The number of halogens is 5. The lowest BCUT2D eigenvalue weighted by Gasteiger charge is -2.11. The van der Waals surface area contributed by atoms with Crippen LogP contribution in [0.15, 0.2) is 34.8 Å². The summed E-state index contributed by atoms with van der Waals surface area (Å²) in [5.41, 5.74) is -0.174. The van der Waals surface area contributed by atoms with Crippen LogP contribution >= 0.6 is 39.1 Å². The molecule has 1 N–H and O–H groups in total. The Balaban J connectivity index is 2.04. The van der Waals surface area contributed by atoms with Crippen molar-refractivity contribution in [3.05, 3.63) is 56.5 Å². The van der Waals surface area contributed by atoms with E-state index in [1.165, 1.54) is 6.07 Å². The van der Waals surface area contributed by atoms with Gasteiger partial charge in [-0.05, 0) is 34.1 Å². The maximum atomic E-state index is 13.6. The van der Waals surface area contributed by atoms with Crippen LogP contribution in [0.3, 0.4) is 0 Å². The van der Waals surface area contributed by atoms with Gasteiger partial charge in [0.25, 0.3) is 5.91 Å². The second kappa shape index (κ2) is 7.26. The lowest BCUT2D eigenvalue weighted by molar-refractivity contribution is -0.118. The highest BCUT2D eigenvalue weighted by Gasteiger charge is 2.14. The molecule has 2 rings (SSSR count). The second-order valence-corrected chi connectivity index (χ2v) is 5.77. The van der Waals surface area contributed by atoms with Crippen LogP contribution in [0, 0.1) is 11.6 Å². The predicted octanol–water partition coefficient (Wildman–Crippen LogP) is 5.05. The van der Waals surface area contributed by atoms with Crippen molar-refractivity contribution in [3.63, 3.8) is 0 Å². The molecule has 0 atom stereocenters. The van der Waals surface area contributed by atoms with Gasteiger partial charge in [-0.1, -0.05) is 29.3 Å². The maximum absolute atomic E-state index is 13.6. The molecule has 0 fully saturated rings. The summed E-state index contributed by atoms with van der Waals surface area (Å²) in [5, 5.41) is 2.74. The standard InChI is InChI=1S/C14H8BrCl2F2NO2/c15-8-4-7(18)5-10(19)14(8)20-12(21)6-22-11-3-1-2-9(16)13(11)17/h1-5H,6H2,(H,20,21). The van der Waals surface area contributed by atoms with E-state index in [1.807, 2.05) is 0 Å². The predicted molar refractivity (Wildman–Crippen MR) is 84.6 cm³/mol. The Bertz CT molecular complexity index is 705. The number of rotatable bonds is 4. The summed E-state index contributed by atoms with van der Waals surface area (Å²) >= 11 is 14.7. The fourth-order valence-corrected chi connectivity index (χ4v) is 2.43. The van der Waals surface area contributed by atoms with E-state index in [4.69, 9.17) is 27.9 Å². The van der Waals surface area contributed by atoms with Crippen LogP contribution in [-0.2, 0) is 4.79 Å². The molecule has 0 aliphatic heterocycles. The third kappa shape index (κ3) is 4.09. The summed E-state index contributed by atoms with van der Waals surface area (Å²) in [6.45, 7) is -0.413. The molecular weight excluding hydrogens is 403 g/mol. The minimum atomic E-state index is -0.902. The summed E-state index contributed by atoms with van der Waals surface area (Å²) in [7, 11) is 0. The van der Waals surface area contributed by atoms with E-state index in [-0.39, 0.29) is 26.0 Å². The molecule has 0 bridgehead atoms. The molecule has 0 spiro atoms. The van der Waals surface area contributed by atoms with E-state index in [1.54, 1.807) is 12.1 Å². The Morgan fingerprint density at radius 3 is 2.68 bits per heavy atom. The molecule has 3 nitrogen and oxygen atoms in total. The molecule has 0 aliphatic rings. The molecule has 0 saturated heterocycles. The lowest BCUT2D eigenvalue weighted by atomic mass is 10.3. The van der Waals surface area contributed by atoms with Crippen LogP contribution in [0.2, 0.25) is 10.0 Å². The summed E-state index contributed by atoms with van der Waals surface area (Å²) in [5.74, 6) is -2.07. The van der Waals surface area contributed by atoms with Gasteiger partial charge in [-0.2, -0.15) is 0 Å². The molecule has 0 radical (unpaired) electrons. The Labute approximate surface area is 143 Å². The van der Waals surface area contributed by atoms with Crippen molar-refractivity contribution < 1.29 is 18.3 Å². The zero-order valence-corrected chi connectivity index (χ0v) is 13.9. The number of amides is 1. The molecular formula is C14H8BrCl2F2NO2. The van der Waals surface area contributed by atoms with Crippen LogP contribution in [0.25, 0.3) is 0 Å². The van der Waals surface area contributed by atoms with Crippen LogP contribution in [-0.4, -0.2) is 12.5 Å². The van der Waals surface area contributed by atoms with Crippen LogP contribution < -0.4 is 10.1 Å². The molecule has 0 aliphatic carbocycles. The summed E-state index contributed by atoms with van der Waals surface area (Å²) in [6.07, 6.45) is 0. The van der Waals surface area contributed by atoms with Gasteiger partial charge in [0.15, 0.2) is 12.4 Å². The number of hydrogen-bond acceptors (Lipinski definition) is 2. The Morgan fingerprint density at radius 1 is 1.27 bits per heavy atom. The average Bonchev–Trinajstić information content (AvgIpc) is 2.44. The van der Waals surface area contributed by atoms with Crippen molar-refractivity contribution in [3.8, 4) is 5.75 Å². The fraction of sp³-hybridized carbons (Fsp3) is 0.0714. The number of nitrogens with one attached hydrogen (secondary N) is 1. The highest BCUT2D eigenvalue weighted by Crippen LogP contribution is 2.31. The normalized spacial score (nSPS) is 10.4. The molecule has 116 valence electrons. The van der Waals surface area contributed by atoms with E-state index in [0.717, 1.165) is 6.07 Å². The van der Waals surface area contributed by atoms with Crippen molar-refractivity contribution in [2.24, 2.45) is 0 Å². The van der Waals surface area contributed by atoms with Crippen molar-refractivity contribution in [1.82, 2.24) is 0 Å².